The lowest BCUT2D eigenvalue weighted by molar-refractivity contribution is 0.412. The van der Waals surface area contributed by atoms with Crippen LogP contribution in [-0.4, -0.2) is 41.6 Å². The average molecular weight is 302 g/mol. The third-order valence-electron chi connectivity index (χ3n) is 3.04. The Bertz CT molecular complexity index is 818. The van der Waals surface area contributed by atoms with E-state index in [9.17, 15) is 9.59 Å². The van der Waals surface area contributed by atoms with Gasteiger partial charge in [-0.05, 0) is 12.1 Å². The first-order chi connectivity index (χ1) is 10.5. The molecule has 2 rings (SSSR count). The van der Waals surface area contributed by atoms with Crippen LogP contribution in [0, 0.1) is 0 Å². The molecule has 0 bridgehead atoms. The van der Waals surface area contributed by atoms with E-state index in [0.29, 0.717) is 11.4 Å². The van der Waals surface area contributed by atoms with E-state index in [0.717, 1.165) is 4.57 Å². The predicted molar refractivity (Wildman–Crippen MR) is 85.7 cm³/mol. The van der Waals surface area contributed by atoms with Crippen molar-refractivity contribution in [2.24, 2.45) is 12.0 Å². The van der Waals surface area contributed by atoms with Gasteiger partial charge in [-0.1, -0.05) is 12.1 Å². The molecule has 0 amide bonds. The largest absolute Gasteiger partial charge is 0.495 e. The topological polar surface area (TPSA) is 68.8 Å². The molecule has 2 aromatic rings. The smallest absolute Gasteiger partial charge is 0.337 e. The van der Waals surface area contributed by atoms with Gasteiger partial charge in [0, 0.05) is 27.2 Å². The van der Waals surface area contributed by atoms with E-state index in [-0.39, 0.29) is 5.82 Å². The standard InChI is InChI=1S/C15H18N4O3/c1-17(2)10-16-13-9-14(20)18(3)15(21)19(13)11-7-5-6-8-12(11)22-4/h5-10H,1-4H3. The zero-order valence-electron chi connectivity index (χ0n) is 13.0. The van der Waals surface area contributed by atoms with Crippen LogP contribution in [0.4, 0.5) is 5.82 Å². The fourth-order valence-electron chi connectivity index (χ4n) is 1.92. The number of para-hydroxylation sites is 2. The van der Waals surface area contributed by atoms with Crippen molar-refractivity contribution < 1.29 is 4.74 Å². The molecule has 7 heteroatoms. The van der Waals surface area contributed by atoms with E-state index in [4.69, 9.17) is 4.74 Å². The molecule has 22 heavy (non-hydrogen) atoms. The summed E-state index contributed by atoms with van der Waals surface area (Å²) in [5.74, 6) is 0.760. The van der Waals surface area contributed by atoms with Crippen LogP contribution in [0.1, 0.15) is 0 Å². The Morgan fingerprint density at radius 1 is 1.23 bits per heavy atom. The van der Waals surface area contributed by atoms with Gasteiger partial charge in [-0.3, -0.25) is 9.36 Å². The molecule has 0 fully saturated rings. The second kappa shape index (κ2) is 6.30. The van der Waals surface area contributed by atoms with Crippen LogP contribution < -0.4 is 16.0 Å². The summed E-state index contributed by atoms with van der Waals surface area (Å²) in [5.41, 5.74) is -0.374. The summed E-state index contributed by atoms with van der Waals surface area (Å²) in [4.78, 5) is 30.3. The highest BCUT2D eigenvalue weighted by Crippen LogP contribution is 2.24. The third kappa shape index (κ3) is 2.93. The Balaban J connectivity index is 2.81. The summed E-state index contributed by atoms with van der Waals surface area (Å²) in [5, 5.41) is 0. The molecule has 0 radical (unpaired) electrons. The highest BCUT2D eigenvalue weighted by Gasteiger charge is 2.13. The molecule has 0 atom stereocenters. The van der Waals surface area contributed by atoms with E-state index in [1.165, 1.54) is 31.1 Å². The summed E-state index contributed by atoms with van der Waals surface area (Å²) >= 11 is 0. The first-order valence-electron chi connectivity index (χ1n) is 6.63. The van der Waals surface area contributed by atoms with Crippen LogP contribution in [-0.2, 0) is 7.05 Å². The highest BCUT2D eigenvalue weighted by molar-refractivity contribution is 5.61. The van der Waals surface area contributed by atoms with Gasteiger partial charge < -0.3 is 9.64 Å². The molecule has 0 saturated heterocycles. The van der Waals surface area contributed by atoms with E-state index in [1.54, 1.807) is 43.3 Å². The molecule has 1 heterocycles. The Kier molecular flexibility index (Phi) is 4.45. The number of hydrogen-bond acceptors (Lipinski definition) is 4. The van der Waals surface area contributed by atoms with Gasteiger partial charge in [-0.25, -0.2) is 14.4 Å². The number of rotatable bonds is 4. The van der Waals surface area contributed by atoms with E-state index in [1.807, 2.05) is 0 Å². The highest BCUT2D eigenvalue weighted by atomic mass is 16.5. The van der Waals surface area contributed by atoms with Gasteiger partial charge in [-0.2, -0.15) is 0 Å². The Hall–Kier alpha value is -2.83. The molecule has 0 spiro atoms. The molecule has 0 unspecified atom stereocenters. The molecule has 0 aliphatic heterocycles. The normalized spacial score (nSPS) is 10.9. The number of methoxy groups -OCH3 is 1. The maximum Gasteiger partial charge on any atom is 0.337 e. The lowest BCUT2D eigenvalue weighted by Crippen LogP contribution is -2.36. The number of hydrogen-bond donors (Lipinski definition) is 0. The predicted octanol–water partition coefficient (Wildman–Crippen LogP) is 0.766. The second-order valence-corrected chi connectivity index (χ2v) is 4.90. The van der Waals surface area contributed by atoms with Gasteiger partial charge in [0.15, 0.2) is 0 Å². The summed E-state index contributed by atoms with van der Waals surface area (Å²) in [6.45, 7) is 0. The van der Waals surface area contributed by atoms with E-state index < -0.39 is 11.2 Å². The Morgan fingerprint density at radius 3 is 2.55 bits per heavy atom. The monoisotopic (exact) mass is 302 g/mol. The van der Waals surface area contributed by atoms with Crippen LogP contribution in [0.3, 0.4) is 0 Å². The van der Waals surface area contributed by atoms with Crippen molar-refractivity contribution in [3.8, 4) is 11.4 Å². The van der Waals surface area contributed by atoms with Gasteiger partial charge in [0.05, 0.1) is 19.1 Å². The van der Waals surface area contributed by atoms with Crippen LogP contribution in [0.5, 0.6) is 5.75 Å². The number of nitrogens with zero attached hydrogens (tertiary/aromatic N) is 4. The van der Waals surface area contributed by atoms with Crippen molar-refractivity contribution >= 4 is 12.2 Å². The van der Waals surface area contributed by atoms with Gasteiger partial charge in [0.1, 0.15) is 11.6 Å². The second-order valence-electron chi connectivity index (χ2n) is 4.90. The molecule has 116 valence electrons. The average Bonchev–Trinajstić information content (AvgIpc) is 2.50. The third-order valence-corrected chi connectivity index (χ3v) is 3.04. The SMILES string of the molecule is COc1ccccc1-n1c(N=CN(C)C)cc(=O)n(C)c1=O. The minimum atomic E-state index is -0.483. The molecule has 1 aromatic carbocycles. The van der Waals surface area contributed by atoms with Crippen LogP contribution >= 0.6 is 0 Å². The number of aromatic nitrogens is 2. The Labute approximate surface area is 127 Å². The summed E-state index contributed by atoms with van der Waals surface area (Å²) in [6, 6.07) is 8.38. The molecule has 7 nitrogen and oxygen atoms in total. The first kappa shape index (κ1) is 15.6. The lowest BCUT2D eigenvalue weighted by Gasteiger charge is -2.14. The molecule has 0 aliphatic rings. The molecular weight excluding hydrogens is 284 g/mol. The summed E-state index contributed by atoms with van der Waals surface area (Å²) in [7, 11) is 6.55. The number of aliphatic imine (C=N–C) groups is 1. The van der Waals surface area contributed by atoms with Gasteiger partial charge >= 0.3 is 5.69 Å². The van der Waals surface area contributed by atoms with Crippen LogP contribution in [0.25, 0.3) is 5.69 Å². The lowest BCUT2D eigenvalue weighted by atomic mass is 10.3. The van der Waals surface area contributed by atoms with Gasteiger partial charge in [0.25, 0.3) is 5.56 Å². The van der Waals surface area contributed by atoms with Crippen molar-refractivity contribution in [3.05, 3.63) is 51.2 Å². The van der Waals surface area contributed by atoms with Crippen molar-refractivity contribution in [2.75, 3.05) is 21.2 Å². The first-order valence-corrected chi connectivity index (χ1v) is 6.63. The summed E-state index contributed by atoms with van der Waals surface area (Å²) in [6.07, 6.45) is 1.53. The number of benzene rings is 1. The van der Waals surface area contributed by atoms with E-state index >= 15 is 0 Å². The van der Waals surface area contributed by atoms with Crippen molar-refractivity contribution in [2.45, 2.75) is 0 Å². The summed E-state index contributed by atoms with van der Waals surface area (Å²) < 4.78 is 7.67. The maximum atomic E-state index is 12.5. The van der Waals surface area contributed by atoms with Crippen LogP contribution in [0.2, 0.25) is 0 Å². The van der Waals surface area contributed by atoms with Crippen molar-refractivity contribution in [1.82, 2.24) is 14.0 Å². The molecule has 1 aromatic heterocycles. The minimum Gasteiger partial charge on any atom is -0.495 e. The fourth-order valence-corrected chi connectivity index (χ4v) is 1.92. The fraction of sp³-hybridized carbons (Fsp3) is 0.267. The van der Waals surface area contributed by atoms with Crippen LogP contribution in [0.15, 0.2) is 44.9 Å². The van der Waals surface area contributed by atoms with Gasteiger partial charge in [-0.15, -0.1) is 0 Å². The Morgan fingerprint density at radius 2 is 1.91 bits per heavy atom. The number of ether oxygens (including phenoxy) is 1. The quantitative estimate of drug-likeness (QED) is 0.618. The zero-order valence-corrected chi connectivity index (χ0v) is 13.0. The molecule has 0 N–H and O–H groups in total. The van der Waals surface area contributed by atoms with Crippen molar-refractivity contribution in [3.63, 3.8) is 0 Å². The molecule has 0 aliphatic carbocycles. The van der Waals surface area contributed by atoms with Gasteiger partial charge in [0.2, 0.25) is 0 Å². The molecule has 0 saturated carbocycles. The molecular formula is C15H18N4O3. The maximum absolute atomic E-state index is 12.5. The van der Waals surface area contributed by atoms with Crippen molar-refractivity contribution in [1.29, 1.82) is 0 Å². The van der Waals surface area contributed by atoms with E-state index in [2.05, 4.69) is 4.99 Å². The zero-order chi connectivity index (χ0) is 16.3. The minimum absolute atomic E-state index is 0.242.